The molecule has 24 heavy (non-hydrogen) atoms. The molecule has 0 spiro atoms. The highest BCUT2D eigenvalue weighted by atomic mass is 32.2. The number of rotatable bonds is 4. The van der Waals surface area contributed by atoms with Gasteiger partial charge < -0.3 is 19.2 Å². The number of alkyl halides is 2. The molecule has 0 atom stereocenters. The fourth-order valence-corrected chi connectivity index (χ4v) is 3.09. The molecule has 0 saturated carbocycles. The van der Waals surface area contributed by atoms with Crippen molar-refractivity contribution in [3.05, 3.63) is 36.2 Å². The van der Waals surface area contributed by atoms with Crippen LogP contribution in [0.2, 0.25) is 0 Å². The van der Waals surface area contributed by atoms with Gasteiger partial charge >= 0.3 is 6.29 Å². The lowest BCUT2D eigenvalue weighted by Crippen LogP contribution is -2.25. The van der Waals surface area contributed by atoms with Gasteiger partial charge in [-0.25, -0.2) is 4.98 Å². The summed E-state index contributed by atoms with van der Waals surface area (Å²) in [6.07, 6.45) is -1.95. The Labute approximate surface area is 139 Å². The Morgan fingerprint density at radius 1 is 1.25 bits per heavy atom. The second-order valence-corrected chi connectivity index (χ2v) is 5.97. The van der Waals surface area contributed by atoms with Crippen LogP contribution in [0.25, 0.3) is 11.0 Å². The van der Waals surface area contributed by atoms with Crippen molar-refractivity contribution in [3.63, 3.8) is 0 Å². The molecule has 9 heteroatoms. The van der Waals surface area contributed by atoms with Gasteiger partial charge in [-0.1, -0.05) is 11.8 Å². The first-order chi connectivity index (χ1) is 11.5. The maximum atomic E-state index is 13.0. The van der Waals surface area contributed by atoms with Crippen LogP contribution in [0.3, 0.4) is 0 Å². The molecule has 0 bridgehead atoms. The number of pyridine rings is 1. The quantitative estimate of drug-likeness (QED) is 0.725. The normalized spacial score (nSPS) is 15.0. The first-order valence-corrected chi connectivity index (χ1v) is 7.92. The molecule has 0 saturated heterocycles. The molecule has 0 unspecified atom stereocenters. The van der Waals surface area contributed by atoms with E-state index in [0.717, 1.165) is 11.4 Å². The highest BCUT2D eigenvalue weighted by Gasteiger charge is 2.43. The summed E-state index contributed by atoms with van der Waals surface area (Å²) in [7, 11) is 1.60. The summed E-state index contributed by atoms with van der Waals surface area (Å²) in [5.41, 5.74) is 1.96. The largest absolute Gasteiger partial charge is 0.586 e. The van der Waals surface area contributed by atoms with Crippen LogP contribution in [-0.4, -0.2) is 28.4 Å². The molecule has 2 aromatic heterocycles. The van der Waals surface area contributed by atoms with Crippen molar-refractivity contribution in [1.29, 1.82) is 0 Å². The second-order valence-electron chi connectivity index (χ2n) is 5.00. The van der Waals surface area contributed by atoms with Crippen molar-refractivity contribution < 1.29 is 23.0 Å². The average Bonchev–Trinajstić information content (AvgIpc) is 3.07. The summed E-state index contributed by atoms with van der Waals surface area (Å²) in [6, 6.07) is 6.49. The summed E-state index contributed by atoms with van der Waals surface area (Å²) in [4.78, 5) is 11.7. The number of halogens is 2. The number of hydrogen-bond acceptors (Lipinski definition) is 6. The number of thioether (sulfide) groups is 1. The fraction of sp³-hybridized carbons (Fsp3) is 0.200. The number of aromatic nitrogens is 3. The van der Waals surface area contributed by atoms with Crippen LogP contribution in [-0.2, 0) is 5.75 Å². The van der Waals surface area contributed by atoms with Gasteiger partial charge in [-0.3, -0.25) is 4.98 Å². The number of aromatic amines is 1. The van der Waals surface area contributed by atoms with Crippen molar-refractivity contribution in [2.75, 3.05) is 7.11 Å². The molecule has 0 radical (unpaired) electrons. The van der Waals surface area contributed by atoms with Crippen LogP contribution in [0.1, 0.15) is 5.69 Å². The highest BCUT2D eigenvalue weighted by Crippen LogP contribution is 2.43. The van der Waals surface area contributed by atoms with Crippen molar-refractivity contribution >= 4 is 22.8 Å². The van der Waals surface area contributed by atoms with Gasteiger partial charge in [-0.2, -0.15) is 0 Å². The van der Waals surface area contributed by atoms with E-state index in [1.165, 1.54) is 23.9 Å². The number of H-pyrrole nitrogens is 1. The van der Waals surface area contributed by atoms with Crippen molar-refractivity contribution in [2.45, 2.75) is 17.2 Å². The van der Waals surface area contributed by atoms with Gasteiger partial charge in [0.15, 0.2) is 16.7 Å². The number of hydrogen-bond donors (Lipinski definition) is 1. The lowest BCUT2D eigenvalue weighted by Gasteiger charge is -2.04. The Morgan fingerprint density at radius 3 is 2.83 bits per heavy atom. The van der Waals surface area contributed by atoms with Gasteiger partial charge in [0.25, 0.3) is 0 Å². The van der Waals surface area contributed by atoms with Gasteiger partial charge in [0.05, 0.1) is 23.8 Å². The molecular formula is C15H11F2N3O3S. The van der Waals surface area contributed by atoms with E-state index < -0.39 is 6.29 Å². The molecule has 1 N–H and O–H groups in total. The second kappa shape index (κ2) is 5.52. The molecular weight excluding hydrogens is 340 g/mol. The van der Waals surface area contributed by atoms with Crippen molar-refractivity contribution in [1.82, 2.24) is 15.0 Å². The van der Waals surface area contributed by atoms with Crippen LogP contribution >= 0.6 is 11.8 Å². The predicted molar refractivity (Wildman–Crippen MR) is 82.6 cm³/mol. The number of ether oxygens (including phenoxy) is 3. The van der Waals surface area contributed by atoms with Crippen molar-refractivity contribution in [3.8, 4) is 17.2 Å². The van der Waals surface area contributed by atoms with Gasteiger partial charge in [0.2, 0.25) is 0 Å². The Morgan fingerprint density at radius 2 is 2.04 bits per heavy atom. The molecule has 1 aliphatic heterocycles. The summed E-state index contributed by atoms with van der Waals surface area (Å²) >= 11 is 1.44. The molecule has 0 aliphatic carbocycles. The molecule has 3 heterocycles. The first kappa shape index (κ1) is 15.0. The van der Waals surface area contributed by atoms with E-state index in [2.05, 4.69) is 24.4 Å². The van der Waals surface area contributed by atoms with E-state index in [-0.39, 0.29) is 11.5 Å². The summed E-state index contributed by atoms with van der Waals surface area (Å²) in [5, 5.41) is 0.644. The first-order valence-electron chi connectivity index (χ1n) is 6.94. The number of methoxy groups -OCH3 is 1. The zero-order valence-corrected chi connectivity index (χ0v) is 13.2. The third-order valence-corrected chi connectivity index (χ3v) is 4.27. The number of benzene rings is 1. The molecule has 0 amide bonds. The van der Waals surface area contributed by atoms with E-state index >= 15 is 0 Å². The Balaban J connectivity index is 1.54. The highest BCUT2D eigenvalue weighted by molar-refractivity contribution is 7.98. The van der Waals surface area contributed by atoms with Gasteiger partial charge in [-0.15, -0.1) is 8.78 Å². The van der Waals surface area contributed by atoms with Gasteiger partial charge in [-0.05, 0) is 6.07 Å². The number of nitrogens with zero attached hydrogens (tertiary/aromatic N) is 2. The van der Waals surface area contributed by atoms with Crippen LogP contribution in [0.15, 0.2) is 35.6 Å². The van der Waals surface area contributed by atoms with Crippen LogP contribution in [0.5, 0.6) is 17.2 Å². The zero-order chi connectivity index (χ0) is 16.7. The third kappa shape index (κ3) is 2.82. The standard InChI is InChI=1S/C15H11F2N3O3S/c1-21-9-2-3-18-8(4-9)7-24-14-19-10-5-12-13(6-11(10)20-14)23-15(16,17)22-12/h2-6H,7H2,1H3,(H,19,20). The monoisotopic (exact) mass is 351 g/mol. The van der Waals surface area contributed by atoms with Crippen molar-refractivity contribution in [2.24, 2.45) is 0 Å². The Hall–Kier alpha value is -2.55. The minimum absolute atomic E-state index is 0.0119. The van der Waals surface area contributed by atoms with Gasteiger partial charge in [0, 0.05) is 30.1 Å². The van der Waals surface area contributed by atoms with E-state index in [0.29, 0.717) is 21.9 Å². The van der Waals surface area contributed by atoms with Gasteiger partial charge in [0.1, 0.15) is 5.75 Å². The summed E-state index contributed by atoms with van der Waals surface area (Å²) in [6.45, 7) is 0. The van der Waals surface area contributed by atoms with E-state index in [1.807, 2.05) is 6.07 Å². The number of nitrogens with one attached hydrogen (secondary N) is 1. The maximum Gasteiger partial charge on any atom is 0.586 e. The lowest BCUT2D eigenvalue weighted by molar-refractivity contribution is -0.286. The van der Waals surface area contributed by atoms with E-state index in [1.54, 1.807) is 19.4 Å². The number of fused-ring (bicyclic) bond motifs is 2. The zero-order valence-electron chi connectivity index (χ0n) is 12.4. The van der Waals surface area contributed by atoms with Crippen LogP contribution in [0, 0.1) is 0 Å². The SMILES string of the molecule is COc1ccnc(CSc2nc3cc4c(cc3[nH]2)OC(F)(F)O4)c1. The average molecular weight is 351 g/mol. The molecule has 0 fully saturated rings. The molecule has 1 aliphatic rings. The predicted octanol–water partition coefficient (Wildman–Crippen LogP) is 3.58. The Kier molecular flexibility index (Phi) is 3.45. The minimum atomic E-state index is -3.63. The topological polar surface area (TPSA) is 69.3 Å². The smallest absolute Gasteiger partial charge is 0.497 e. The molecule has 4 rings (SSSR count). The summed E-state index contributed by atoms with van der Waals surface area (Å²) in [5.74, 6) is 1.28. The molecule has 124 valence electrons. The lowest BCUT2D eigenvalue weighted by atomic mass is 10.3. The molecule has 1 aromatic carbocycles. The molecule has 3 aromatic rings. The van der Waals surface area contributed by atoms with E-state index in [4.69, 9.17) is 4.74 Å². The third-order valence-electron chi connectivity index (χ3n) is 3.36. The minimum Gasteiger partial charge on any atom is -0.497 e. The number of imidazole rings is 1. The Bertz CT molecular complexity index is 871. The summed E-state index contributed by atoms with van der Waals surface area (Å²) < 4.78 is 40.1. The van der Waals surface area contributed by atoms with Crippen LogP contribution < -0.4 is 14.2 Å². The molecule has 6 nitrogen and oxygen atoms in total. The van der Waals surface area contributed by atoms with E-state index in [9.17, 15) is 8.78 Å². The fourth-order valence-electron chi connectivity index (χ4n) is 2.30. The maximum absolute atomic E-state index is 13.0. The van der Waals surface area contributed by atoms with Crippen LogP contribution in [0.4, 0.5) is 8.78 Å².